The molecule has 0 aromatic rings. The minimum absolute atomic E-state index is 0.233. The van der Waals surface area contributed by atoms with E-state index in [0.717, 1.165) is 6.42 Å². The topological polar surface area (TPSA) is 29.5 Å². The Morgan fingerprint density at radius 3 is 2.33 bits per heavy atom. The molecule has 1 rings (SSSR count). The van der Waals surface area contributed by atoms with Crippen LogP contribution in [0, 0.1) is 17.8 Å². The molecule has 1 aliphatic rings. The average Bonchev–Trinajstić information content (AvgIpc) is 1.96. The molecule has 0 aliphatic carbocycles. The van der Waals surface area contributed by atoms with Gasteiger partial charge in [-0.15, -0.1) is 0 Å². The van der Waals surface area contributed by atoms with E-state index in [1.54, 1.807) is 0 Å². The maximum Gasteiger partial charge on any atom is 0.157 e. The second-order valence-electron chi connectivity index (χ2n) is 4.43. The molecule has 1 N–H and O–H groups in total. The number of rotatable bonds is 1. The van der Waals surface area contributed by atoms with Crippen molar-refractivity contribution in [3.63, 3.8) is 0 Å². The van der Waals surface area contributed by atoms with Gasteiger partial charge in [-0.05, 0) is 18.3 Å². The van der Waals surface area contributed by atoms with Gasteiger partial charge in [0.1, 0.15) is 0 Å². The standard InChI is InChI=1S/C10H20O2/c1-6(2)9-7(3)5-8(4)10(11)12-9/h6-11H,5H2,1-4H3/t7-,8-,9-,10?/m1/s1. The van der Waals surface area contributed by atoms with Gasteiger partial charge in [0.2, 0.25) is 0 Å². The highest BCUT2D eigenvalue weighted by Crippen LogP contribution is 2.31. The third kappa shape index (κ3) is 1.99. The third-order valence-electron chi connectivity index (χ3n) is 2.74. The Morgan fingerprint density at radius 2 is 1.83 bits per heavy atom. The summed E-state index contributed by atoms with van der Waals surface area (Å²) >= 11 is 0. The summed E-state index contributed by atoms with van der Waals surface area (Å²) in [5.41, 5.74) is 0. The van der Waals surface area contributed by atoms with E-state index in [9.17, 15) is 5.11 Å². The Kier molecular flexibility index (Phi) is 3.13. The van der Waals surface area contributed by atoms with Crippen molar-refractivity contribution >= 4 is 0 Å². The van der Waals surface area contributed by atoms with Crippen LogP contribution in [-0.4, -0.2) is 17.5 Å². The van der Waals surface area contributed by atoms with E-state index in [1.807, 2.05) is 6.92 Å². The van der Waals surface area contributed by atoms with E-state index in [2.05, 4.69) is 20.8 Å². The van der Waals surface area contributed by atoms with Gasteiger partial charge in [0.15, 0.2) is 6.29 Å². The molecule has 1 fully saturated rings. The van der Waals surface area contributed by atoms with E-state index < -0.39 is 6.29 Å². The van der Waals surface area contributed by atoms with Gasteiger partial charge in [0, 0.05) is 5.92 Å². The van der Waals surface area contributed by atoms with Crippen molar-refractivity contribution in [3.8, 4) is 0 Å². The molecular weight excluding hydrogens is 152 g/mol. The van der Waals surface area contributed by atoms with Crippen LogP contribution >= 0.6 is 0 Å². The zero-order chi connectivity index (χ0) is 9.30. The van der Waals surface area contributed by atoms with E-state index in [4.69, 9.17) is 4.74 Å². The van der Waals surface area contributed by atoms with E-state index >= 15 is 0 Å². The van der Waals surface area contributed by atoms with E-state index in [0.29, 0.717) is 11.8 Å². The highest BCUT2D eigenvalue weighted by Gasteiger charge is 2.33. The molecule has 2 nitrogen and oxygen atoms in total. The first-order valence-electron chi connectivity index (χ1n) is 4.86. The highest BCUT2D eigenvalue weighted by molar-refractivity contribution is 4.78. The third-order valence-corrected chi connectivity index (χ3v) is 2.74. The fourth-order valence-corrected chi connectivity index (χ4v) is 2.08. The lowest BCUT2D eigenvalue weighted by molar-refractivity contribution is -0.217. The number of hydrogen-bond donors (Lipinski definition) is 1. The van der Waals surface area contributed by atoms with Crippen molar-refractivity contribution in [2.45, 2.75) is 46.5 Å². The average molecular weight is 172 g/mol. The van der Waals surface area contributed by atoms with Crippen molar-refractivity contribution in [1.82, 2.24) is 0 Å². The zero-order valence-corrected chi connectivity index (χ0v) is 8.45. The second kappa shape index (κ2) is 3.75. The molecule has 0 spiro atoms. The van der Waals surface area contributed by atoms with Crippen molar-refractivity contribution in [2.75, 3.05) is 0 Å². The maximum atomic E-state index is 9.49. The van der Waals surface area contributed by atoms with Crippen LogP contribution in [0.2, 0.25) is 0 Å². The van der Waals surface area contributed by atoms with Crippen LogP contribution in [0.4, 0.5) is 0 Å². The van der Waals surface area contributed by atoms with Crippen LogP contribution in [0.25, 0.3) is 0 Å². The van der Waals surface area contributed by atoms with Crippen molar-refractivity contribution in [3.05, 3.63) is 0 Å². The minimum Gasteiger partial charge on any atom is -0.368 e. The normalized spacial score (nSPS) is 43.5. The number of hydrogen-bond acceptors (Lipinski definition) is 2. The first-order valence-corrected chi connectivity index (χ1v) is 4.86. The fourth-order valence-electron chi connectivity index (χ4n) is 2.08. The largest absolute Gasteiger partial charge is 0.368 e. The van der Waals surface area contributed by atoms with Crippen molar-refractivity contribution in [1.29, 1.82) is 0 Å². The molecule has 2 heteroatoms. The van der Waals surface area contributed by atoms with Crippen molar-refractivity contribution in [2.24, 2.45) is 17.8 Å². The molecule has 1 heterocycles. The molecule has 0 bridgehead atoms. The highest BCUT2D eigenvalue weighted by atomic mass is 16.6. The lowest BCUT2D eigenvalue weighted by Gasteiger charge is -2.38. The van der Waals surface area contributed by atoms with Crippen LogP contribution in [-0.2, 0) is 4.74 Å². The molecule has 0 amide bonds. The molecule has 0 aromatic heterocycles. The van der Waals surface area contributed by atoms with Gasteiger partial charge in [-0.3, -0.25) is 0 Å². The number of ether oxygens (including phenoxy) is 1. The minimum atomic E-state index is -0.548. The van der Waals surface area contributed by atoms with E-state index in [-0.39, 0.29) is 12.0 Å². The smallest absolute Gasteiger partial charge is 0.157 e. The fraction of sp³-hybridized carbons (Fsp3) is 1.00. The summed E-state index contributed by atoms with van der Waals surface area (Å²) in [4.78, 5) is 0. The molecule has 1 aliphatic heterocycles. The zero-order valence-electron chi connectivity index (χ0n) is 8.45. The monoisotopic (exact) mass is 172 g/mol. The van der Waals surface area contributed by atoms with Crippen molar-refractivity contribution < 1.29 is 9.84 Å². The van der Waals surface area contributed by atoms with Crippen LogP contribution in [0.1, 0.15) is 34.1 Å². The molecule has 1 saturated heterocycles. The van der Waals surface area contributed by atoms with Crippen LogP contribution < -0.4 is 0 Å². The van der Waals surface area contributed by atoms with E-state index in [1.165, 1.54) is 0 Å². The Labute approximate surface area is 74.9 Å². The lowest BCUT2D eigenvalue weighted by atomic mass is 9.84. The van der Waals surface area contributed by atoms with Gasteiger partial charge in [-0.1, -0.05) is 27.7 Å². The molecule has 4 atom stereocenters. The Balaban J connectivity index is 2.55. The molecule has 0 radical (unpaired) electrons. The lowest BCUT2D eigenvalue weighted by Crippen LogP contribution is -2.41. The summed E-state index contributed by atoms with van der Waals surface area (Å²) in [5.74, 6) is 1.36. The Hall–Kier alpha value is -0.0800. The summed E-state index contributed by atoms with van der Waals surface area (Å²) < 4.78 is 5.53. The molecule has 0 saturated carbocycles. The van der Waals surface area contributed by atoms with Gasteiger partial charge in [-0.2, -0.15) is 0 Å². The predicted molar refractivity (Wildman–Crippen MR) is 48.7 cm³/mol. The summed E-state index contributed by atoms with van der Waals surface area (Å²) in [5, 5.41) is 9.49. The van der Waals surface area contributed by atoms with Gasteiger partial charge in [0.05, 0.1) is 6.10 Å². The Bertz CT molecular complexity index is 145. The molecule has 12 heavy (non-hydrogen) atoms. The van der Waals surface area contributed by atoms with Crippen LogP contribution in [0.5, 0.6) is 0 Å². The first-order chi connectivity index (χ1) is 5.52. The van der Waals surface area contributed by atoms with Crippen LogP contribution in [0.3, 0.4) is 0 Å². The summed E-state index contributed by atoms with van der Waals surface area (Å²) in [7, 11) is 0. The molecular formula is C10H20O2. The molecule has 0 aromatic carbocycles. The summed E-state index contributed by atoms with van der Waals surface area (Å²) in [6.07, 6.45) is 0.758. The van der Waals surface area contributed by atoms with Crippen LogP contribution in [0.15, 0.2) is 0 Å². The van der Waals surface area contributed by atoms with Gasteiger partial charge >= 0.3 is 0 Å². The Morgan fingerprint density at radius 1 is 1.25 bits per heavy atom. The second-order valence-corrected chi connectivity index (χ2v) is 4.43. The van der Waals surface area contributed by atoms with Gasteiger partial charge in [-0.25, -0.2) is 0 Å². The molecule has 72 valence electrons. The predicted octanol–water partition coefficient (Wildman–Crippen LogP) is 2.02. The SMILES string of the molecule is CC(C)[C@H]1OC(O)[C@H](C)C[C@H]1C. The van der Waals surface area contributed by atoms with Gasteiger partial charge < -0.3 is 9.84 Å². The number of aliphatic hydroxyl groups is 1. The van der Waals surface area contributed by atoms with Gasteiger partial charge in [0.25, 0.3) is 0 Å². The summed E-state index contributed by atoms with van der Waals surface area (Å²) in [6.45, 7) is 8.53. The maximum absolute atomic E-state index is 9.49. The quantitative estimate of drug-likeness (QED) is 0.655. The molecule has 1 unspecified atom stereocenters. The summed E-state index contributed by atoms with van der Waals surface area (Å²) in [6, 6.07) is 0. The first kappa shape index (κ1) is 10.0. The number of aliphatic hydroxyl groups excluding tert-OH is 1.